The predicted molar refractivity (Wildman–Crippen MR) is 146 cm³/mol. The number of rotatable bonds is 7. The van der Waals surface area contributed by atoms with E-state index in [1.807, 2.05) is 62.6 Å². The van der Waals surface area contributed by atoms with Crippen LogP contribution in [0.3, 0.4) is 0 Å². The zero-order chi connectivity index (χ0) is 26.2. The third kappa shape index (κ3) is 4.04. The molecule has 0 fully saturated rings. The van der Waals surface area contributed by atoms with Gasteiger partial charge in [-0.1, -0.05) is 36.4 Å². The number of carbonyl (C=O) groups is 2. The Hall–Kier alpha value is -4.72. The maximum atomic E-state index is 12.6. The third-order valence-corrected chi connectivity index (χ3v) is 7.02. The summed E-state index contributed by atoms with van der Waals surface area (Å²) in [5, 5.41) is 4.06. The SMILES string of the molecule is Cn1c2ccccc2c2cc(C(=O)OCCCCOC(=O)c3cc4c5ccccc5n(C)c4cn3)ncc21. The highest BCUT2D eigenvalue weighted by Crippen LogP contribution is 2.29. The van der Waals surface area contributed by atoms with E-state index in [1.54, 1.807) is 24.5 Å². The minimum atomic E-state index is -0.468. The Bertz CT molecular complexity index is 1710. The van der Waals surface area contributed by atoms with E-state index in [4.69, 9.17) is 9.47 Å². The van der Waals surface area contributed by atoms with E-state index in [0.29, 0.717) is 12.8 Å². The van der Waals surface area contributed by atoms with Gasteiger partial charge in [0.2, 0.25) is 0 Å². The minimum absolute atomic E-state index is 0.214. The molecule has 0 aliphatic carbocycles. The van der Waals surface area contributed by atoms with Crippen LogP contribution >= 0.6 is 0 Å². The molecule has 0 bridgehead atoms. The van der Waals surface area contributed by atoms with Crippen LogP contribution in [0.5, 0.6) is 0 Å². The first-order valence-corrected chi connectivity index (χ1v) is 12.5. The number of esters is 2. The first-order chi connectivity index (χ1) is 18.5. The molecule has 2 aromatic carbocycles. The molecule has 0 amide bonds. The molecule has 6 aromatic rings. The number of unbranched alkanes of at least 4 members (excludes halogenated alkanes) is 1. The maximum absolute atomic E-state index is 12.6. The summed E-state index contributed by atoms with van der Waals surface area (Å²) in [4.78, 5) is 33.8. The van der Waals surface area contributed by atoms with Crippen LogP contribution in [-0.4, -0.2) is 44.3 Å². The van der Waals surface area contributed by atoms with Gasteiger partial charge in [-0.2, -0.15) is 0 Å². The molecule has 190 valence electrons. The molecule has 8 nitrogen and oxygen atoms in total. The molecule has 0 aliphatic heterocycles. The zero-order valence-electron chi connectivity index (χ0n) is 21.2. The molecule has 0 unspecified atom stereocenters. The van der Waals surface area contributed by atoms with E-state index in [1.165, 1.54) is 0 Å². The Balaban J connectivity index is 1.02. The number of carbonyl (C=O) groups excluding carboxylic acids is 2. The first-order valence-electron chi connectivity index (χ1n) is 12.5. The average Bonchev–Trinajstić information content (AvgIpc) is 3.41. The van der Waals surface area contributed by atoms with E-state index in [-0.39, 0.29) is 24.6 Å². The third-order valence-electron chi connectivity index (χ3n) is 7.02. The molecule has 0 spiro atoms. The van der Waals surface area contributed by atoms with E-state index in [9.17, 15) is 9.59 Å². The lowest BCUT2D eigenvalue weighted by Crippen LogP contribution is -2.11. The summed E-state index contributed by atoms with van der Waals surface area (Å²) < 4.78 is 14.9. The highest BCUT2D eigenvalue weighted by Gasteiger charge is 2.16. The van der Waals surface area contributed by atoms with Gasteiger partial charge in [-0.3, -0.25) is 0 Å². The number of ether oxygens (including phenoxy) is 2. The summed E-state index contributed by atoms with van der Waals surface area (Å²) in [7, 11) is 3.96. The number of fused-ring (bicyclic) bond motifs is 6. The second-order valence-corrected chi connectivity index (χ2v) is 9.30. The molecule has 0 radical (unpaired) electrons. The number of benzene rings is 2. The number of hydrogen-bond donors (Lipinski definition) is 0. The molecular formula is C30H26N4O4. The van der Waals surface area contributed by atoms with Gasteiger partial charge >= 0.3 is 11.9 Å². The van der Waals surface area contributed by atoms with Gasteiger partial charge in [0.15, 0.2) is 0 Å². The van der Waals surface area contributed by atoms with Crippen LogP contribution in [0.4, 0.5) is 0 Å². The Morgan fingerprint density at radius 1 is 0.632 bits per heavy atom. The second-order valence-electron chi connectivity index (χ2n) is 9.30. The van der Waals surface area contributed by atoms with Crippen molar-refractivity contribution in [3.8, 4) is 0 Å². The second kappa shape index (κ2) is 9.63. The Kier molecular flexibility index (Phi) is 5.99. The van der Waals surface area contributed by atoms with Crippen molar-refractivity contribution in [2.75, 3.05) is 13.2 Å². The Morgan fingerprint density at radius 3 is 1.50 bits per heavy atom. The molecular weight excluding hydrogens is 480 g/mol. The molecule has 6 rings (SSSR count). The smallest absolute Gasteiger partial charge is 0.356 e. The summed E-state index contributed by atoms with van der Waals surface area (Å²) in [6, 6.07) is 19.6. The first kappa shape index (κ1) is 23.7. The molecule has 0 saturated carbocycles. The van der Waals surface area contributed by atoms with E-state index < -0.39 is 11.9 Å². The van der Waals surface area contributed by atoms with Gasteiger partial charge in [0.25, 0.3) is 0 Å². The van der Waals surface area contributed by atoms with E-state index in [0.717, 1.165) is 43.6 Å². The molecule has 0 atom stereocenters. The molecule has 0 N–H and O–H groups in total. The monoisotopic (exact) mass is 506 g/mol. The zero-order valence-corrected chi connectivity index (χ0v) is 21.2. The number of aryl methyl sites for hydroxylation is 2. The normalized spacial score (nSPS) is 11.5. The van der Waals surface area contributed by atoms with Gasteiger partial charge < -0.3 is 18.6 Å². The molecule has 4 heterocycles. The van der Waals surface area contributed by atoms with E-state index in [2.05, 4.69) is 19.1 Å². The fourth-order valence-corrected chi connectivity index (χ4v) is 5.01. The van der Waals surface area contributed by atoms with E-state index >= 15 is 0 Å². The van der Waals surface area contributed by atoms with Gasteiger partial charge in [0.05, 0.1) is 36.6 Å². The van der Waals surface area contributed by atoms with Crippen molar-refractivity contribution >= 4 is 55.6 Å². The summed E-state index contributed by atoms with van der Waals surface area (Å²) in [6.07, 6.45) is 4.53. The number of para-hydroxylation sites is 2. The van der Waals surface area contributed by atoms with Crippen LogP contribution in [0.15, 0.2) is 73.1 Å². The van der Waals surface area contributed by atoms with Crippen molar-refractivity contribution in [2.24, 2.45) is 14.1 Å². The van der Waals surface area contributed by atoms with Crippen LogP contribution in [0, 0.1) is 0 Å². The van der Waals surface area contributed by atoms with Crippen molar-refractivity contribution in [2.45, 2.75) is 12.8 Å². The lowest BCUT2D eigenvalue weighted by Gasteiger charge is -2.06. The van der Waals surface area contributed by atoms with Crippen LogP contribution in [0.1, 0.15) is 33.8 Å². The number of nitrogens with zero attached hydrogens (tertiary/aromatic N) is 4. The molecule has 38 heavy (non-hydrogen) atoms. The highest BCUT2D eigenvalue weighted by atomic mass is 16.5. The lowest BCUT2D eigenvalue weighted by atomic mass is 10.1. The maximum Gasteiger partial charge on any atom is 0.356 e. The van der Waals surface area contributed by atoms with Gasteiger partial charge in [0.1, 0.15) is 11.4 Å². The predicted octanol–water partition coefficient (Wildman–Crippen LogP) is 5.56. The van der Waals surface area contributed by atoms with Gasteiger partial charge in [-0.05, 0) is 37.1 Å². The quantitative estimate of drug-likeness (QED) is 0.208. The summed E-state index contributed by atoms with van der Waals surface area (Å²) in [5.41, 5.74) is 4.62. The molecule has 4 aromatic heterocycles. The topological polar surface area (TPSA) is 88.2 Å². The summed E-state index contributed by atoms with van der Waals surface area (Å²) in [6.45, 7) is 0.428. The number of aromatic nitrogens is 4. The Morgan fingerprint density at radius 2 is 1.05 bits per heavy atom. The van der Waals surface area contributed by atoms with Crippen molar-refractivity contribution < 1.29 is 19.1 Å². The molecule has 0 aliphatic rings. The largest absolute Gasteiger partial charge is 0.461 e. The number of pyridine rings is 2. The van der Waals surface area contributed by atoms with Crippen LogP contribution in [0.2, 0.25) is 0 Å². The molecule has 8 heteroatoms. The van der Waals surface area contributed by atoms with Crippen molar-refractivity contribution in [3.63, 3.8) is 0 Å². The Labute approximate surface area is 218 Å². The number of hydrogen-bond acceptors (Lipinski definition) is 6. The summed E-state index contributed by atoms with van der Waals surface area (Å²) >= 11 is 0. The standard InChI is InChI=1S/C30H26N4O4/c1-33-25-11-5-3-9-19(25)21-15-23(31-17-27(21)33)29(35)37-13-7-8-14-38-30(36)24-16-22-20-10-4-6-12-26(20)34(2)28(22)18-32-24/h3-6,9-12,15-18H,7-8,13-14H2,1-2H3. The van der Waals surface area contributed by atoms with Crippen LogP contribution in [0.25, 0.3) is 43.6 Å². The fraction of sp³-hybridized carbons (Fsp3) is 0.200. The summed E-state index contributed by atoms with van der Waals surface area (Å²) in [5.74, 6) is -0.936. The average molecular weight is 507 g/mol. The van der Waals surface area contributed by atoms with Gasteiger partial charge in [-0.25, -0.2) is 19.6 Å². The van der Waals surface area contributed by atoms with Crippen LogP contribution in [-0.2, 0) is 23.6 Å². The van der Waals surface area contributed by atoms with Gasteiger partial charge in [-0.15, -0.1) is 0 Å². The van der Waals surface area contributed by atoms with Crippen LogP contribution < -0.4 is 0 Å². The highest BCUT2D eigenvalue weighted by molar-refractivity contribution is 6.10. The molecule has 0 saturated heterocycles. The minimum Gasteiger partial charge on any atom is -0.461 e. The van der Waals surface area contributed by atoms with Gasteiger partial charge in [0, 0.05) is 46.7 Å². The van der Waals surface area contributed by atoms with Crippen molar-refractivity contribution in [1.82, 2.24) is 19.1 Å². The van der Waals surface area contributed by atoms with Crippen molar-refractivity contribution in [3.05, 3.63) is 84.4 Å². The fourth-order valence-electron chi connectivity index (χ4n) is 5.01. The van der Waals surface area contributed by atoms with Crippen molar-refractivity contribution in [1.29, 1.82) is 0 Å². The lowest BCUT2D eigenvalue weighted by molar-refractivity contribution is 0.0426.